The van der Waals surface area contributed by atoms with E-state index >= 15 is 0 Å². The molecule has 4 atom stereocenters. The van der Waals surface area contributed by atoms with Crippen molar-refractivity contribution in [1.82, 2.24) is 4.98 Å². The predicted molar refractivity (Wildman–Crippen MR) is 62.2 cm³/mol. The molecule has 3 rings (SSSR count). The summed E-state index contributed by atoms with van der Waals surface area (Å²) >= 11 is 0. The summed E-state index contributed by atoms with van der Waals surface area (Å²) in [6.07, 6.45) is 4.51. The Kier molecular flexibility index (Phi) is 2.46. The minimum Gasteiger partial charge on any atom is -0.376 e. The molecule has 0 amide bonds. The largest absolute Gasteiger partial charge is 0.376 e. The molecule has 1 saturated heterocycles. The van der Waals surface area contributed by atoms with Crippen LogP contribution in [0.3, 0.4) is 0 Å². The van der Waals surface area contributed by atoms with Gasteiger partial charge in [-0.1, -0.05) is 0 Å². The van der Waals surface area contributed by atoms with Crippen molar-refractivity contribution in [3.05, 3.63) is 24.0 Å². The lowest BCUT2D eigenvalue weighted by atomic mass is 9.72. The van der Waals surface area contributed by atoms with Gasteiger partial charge in [0, 0.05) is 24.8 Å². The number of nitrogens with two attached hydrogens (primary N) is 1. The van der Waals surface area contributed by atoms with Gasteiger partial charge in [-0.25, -0.2) is 0 Å². The van der Waals surface area contributed by atoms with Crippen molar-refractivity contribution in [2.24, 2.45) is 11.7 Å². The fourth-order valence-electron chi connectivity index (χ4n) is 2.71. The molecule has 0 aromatic carbocycles. The number of nitrogens with zero attached hydrogens (tertiary/aromatic N) is 2. The highest BCUT2D eigenvalue weighted by molar-refractivity contribution is 5.56. The first-order valence-corrected chi connectivity index (χ1v) is 5.79. The smallest absolute Gasteiger partial charge is 0.101 e. The zero-order valence-electron chi connectivity index (χ0n) is 9.34. The first kappa shape index (κ1) is 10.5. The molecule has 17 heavy (non-hydrogen) atoms. The highest BCUT2D eigenvalue weighted by Crippen LogP contribution is 2.39. The Hall–Kier alpha value is -1.64. The van der Waals surface area contributed by atoms with E-state index < -0.39 is 0 Å². The highest BCUT2D eigenvalue weighted by atomic mass is 16.5. The lowest BCUT2D eigenvalue weighted by molar-refractivity contribution is 0.00536. The predicted octanol–water partition coefficient (Wildman–Crippen LogP) is 0.480. The van der Waals surface area contributed by atoms with Crippen molar-refractivity contribution in [2.75, 3.05) is 11.9 Å². The quantitative estimate of drug-likeness (QED) is 0.772. The van der Waals surface area contributed by atoms with Crippen LogP contribution in [0.4, 0.5) is 5.69 Å². The number of nitrogens with one attached hydrogen (secondary N) is 1. The molecule has 1 aliphatic heterocycles. The van der Waals surface area contributed by atoms with E-state index in [9.17, 15) is 0 Å². The summed E-state index contributed by atoms with van der Waals surface area (Å²) in [6.45, 7) is 0.791. The molecule has 0 radical (unpaired) electrons. The van der Waals surface area contributed by atoms with E-state index in [-0.39, 0.29) is 18.2 Å². The molecule has 1 aliphatic carbocycles. The second-order valence-electron chi connectivity index (χ2n) is 4.57. The van der Waals surface area contributed by atoms with Crippen LogP contribution in [0.25, 0.3) is 0 Å². The lowest BCUT2D eigenvalue weighted by Gasteiger charge is -2.46. The van der Waals surface area contributed by atoms with Gasteiger partial charge in [0.1, 0.15) is 6.07 Å². The third-order valence-electron chi connectivity index (χ3n) is 3.71. The van der Waals surface area contributed by atoms with Crippen LogP contribution in [0, 0.1) is 17.2 Å². The number of pyridine rings is 1. The van der Waals surface area contributed by atoms with Crippen molar-refractivity contribution in [3.8, 4) is 6.07 Å². The SMILES string of the molecule is N#Cc1ccncc1NC1C(N)C2CCOC21. The molecule has 1 aromatic heterocycles. The topological polar surface area (TPSA) is 84.0 Å². The molecule has 1 saturated carbocycles. The highest BCUT2D eigenvalue weighted by Gasteiger charge is 2.52. The van der Waals surface area contributed by atoms with Gasteiger partial charge in [-0.2, -0.15) is 5.26 Å². The summed E-state index contributed by atoms with van der Waals surface area (Å²) in [5.41, 5.74) is 7.43. The molecule has 4 unspecified atom stereocenters. The molecular formula is C12H14N4O. The van der Waals surface area contributed by atoms with Crippen LogP contribution < -0.4 is 11.1 Å². The maximum absolute atomic E-state index is 9.00. The Morgan fingerprint density at radius 2 is 2.47 bits per heavy atom. The average Bonchev–Trinajstić information content (AvgIpc) is 2.81. The van der Waals surface area contributed by atoms with Crippen LogP contribution >= 0.6 is 0 Å². The summed E-state index contributed by atoms with van der Waals surface area (Å²) in [6, 6.07) is 4.04. The summed E-state index contributed by atoms with van der Waals surface area (Å²) in [5.74, 6) is 0.467. The molecular weight excluding hydrogens is 216 g/mol. The minimum absolute atomic E-state index is 0.0961. The number of hydrogen-bond acceptors (Lipinski definition) is 5. The number of anilines is 1. The number of hydrogen-bond donors (Lipinski definition) is 2. The Bertz CT molecular complexity index is 470. The van der Waals surface area contributed by atoms with Crippen LogP contribution in [0.1, 0.15) is 12.0 Å². The molecule has 2 aliphatic rings. The number of nitriles is 1. The van der Waals surface area contributed by atoms with Gasteiger partial charge in [0.15, 0.2) is 0 Å². The number of fused-ring (bicyclic) bond motifs is 1. The average molecular weight is 230 g/mol. The monoisotopic (exact) mass is 230 g/mol. The number of rotatable bonds is 2. The first-order valence-electron chi connectivity index (χ1n) is 5.79. The summed E-state index contributed by atoms with van der Waals surface area (Å²) < 4.78 is 5.63. The maximum Gasteiger partial charge on any atom is 0.101 e. The van der Waals surface area contributed by atoms with Gasteiger partial charge in [-0.15, -0.1) is 0 Å². The molecule has 1 aromatic rings. The minimum atomic E-state index is 0.0961. The fraction of sp³-hybridized carbons (Fsp3) is 0.500. The van der Waals surface area contributed by atoms with Crippen molar-refractivity contribution in [2.45, 2.75) is 24.6 Å². The van der Waals surface area contributed by atoms with Gasteiger partial charge < -0.3 is 15.8 Å². The molecule has 0 bridgehead atoms. The second-order valence-corrected chi connectivity index (χ2v) is 4.57. The number of ether oxygens (including phenoxy) is 1. The number of aromatic nitrogens is 1. The van der Waals surface area contributed by atoms with Gasteiger partial charge in [-0.05, 0) is 12.5 Å². The normalized spacial score (nSPS) is 34.6. The van der Waals surface area contributed by atoms with E-state index in [1.165, 1.54) is 0 Å². The Balaban J connectivity index is 1.77. The zero-order valence-corrected chi connectivity index (χ0v) is 9.34. The van der Waals surface area contributed by atoms with Crippen LogP contribution in [0.15, 0.2) is 18.5 Å². The van der Waals surface area contributed by atoms with Gasteiger partial charge in [0.25, 0.3) is 0 Å². The van der Waals surface area contributed by atoms with Crippen LogP contribution in [-0.4, -0.2) is 29.8 Å². The van der Waals surface area contributed by atoms with E-state index in [4.69, 9.17) is 15.7 Å². The molecule has 2 heterocycles. The van der Waals surface area contributed by atoms with Crippen molar-refractivity contribution in [3.63, 3.8) is 0 Å². The molecule has 2 fully saturated rings. The molecule has 3 N–H and O–H groups in total. The van der Waals surface area contributed by atoms with Crippen LogP contribution in [0.2, 0.25) is 0 Å². The van der Waals surface area contributed by atoms with E-state index in [0.29, 0.717) is 11.5 Å². The first-order chi connectivity index (χ1) is 8.31. The summed E-state index contributed by atoms with van der Waals surface area (Å²) in [7, 11) is 0. The van der Waals surface area contributed by atoms with Crippen molar-refractivity contribution < 1.29 is 4.74 Å². The molecule has 5 heteroatoms. The fourth-order valence-corrected chi connectivity index (χ4v) is 2.71. The van der Waals surface area contributed by atoms with Gasteiger partial charge in [-0.3, -0.25) is 4.98 Å². The summed E-state index contributed by atoms with van der Waals surface area (Å²) in [4.78, 5) is 4.02. The van der Waals surface area contributed by atoms with Gasteiger partial charge >= 0.3 is 0 Å². The van der Waals surface area contributed by atoms with Gasteiger partial charge in [0.05, 0.1) is 29.6 Å². The van der Waals surface area contributed by atoms with Gasteiger partial charge in [0.2, 0.25) is 0 Å². The standard InChI is InChI=1S/C12H14N4O/c13-5-7-1-3-15-6-9(7)16-11-10(14)8-2-4-17-12(8)11/h1,3,6,8,10-12,16H,2,4,14H2. The second kappa shape index (κ2) is 3.99. The Labute approximate surface area is 99.6 Å². The third kappa shape index (κ3) is 1.57. The Morgan fingerprint density at radius 3 is 3.29 bits per heavy atom. The Morgan fingerprint density at radius 1 is 1.59 bits per heavy atom. The van der Waals surface area contributed by atoms with Crippen LogP contribution in [-0.2, 0) is 4.74 Å². The van der Waals surface area contributed by atoms with Crippen LogP contribution in [0.5, 0.6) is 0 Å². The van der Waals surface area contributed by atoms with E-state index in [1.54, 1.807) is 18.5 Å². The third-order valence-corrected chi connectivity index (χ3v) is 3.71. The van der Waals surface area contributed by atoms with Crippen molar-refractivity contribution in [1.29, 1.82) is 5.26 Å². The van der Waals surface area contributed by atoms with E-state index in [2.05, 4.69) is 16.4 Å². The molecule has 5 nitrogen and oxygen atoms in total. The van der Waals surface area contributed by atoms with E-state index in [1.807, 2.05) is 0 Å². The van der Waals surface area contributed by atoms with E-state index in [0.717, 1.165) is 18.7 Å². The molecule has 0 spiro atoms. The lowest BCUT2D eigenvalue weighted by Crippen LogP contribution is -2.65. The summed E-state index contributed by atoms with van der Waals surface area (Å²) in [5, 5.41) is 12.3. The molecule has 88 valence electrons. The van der Waals surface area contributed by atoms with Crippen molar-refractivity contribution >= 4 is 5.69 Å². The zero-order chi connectivity index (χ0) is 11.8. The maximum atomic E-state index is 9.00.